The van der Waals surface area contributed by atoms with Crippen LogP contribution < -0.4 is 16.0 Å². The van der Waals surface area contributed by atoms with Crippen molar-refractivity contribution in [1.82, 2.24) is 16.0 Å². The average Bonchev–Trinajstić information content (AvgIpc) is 3.14. The van der Waals surface area contributed by atoms with E-state index in [2.05, 4.69) is 16.0 Å². The molecule has 4 saturated carbocycles. The smallest absolute Gasteiger partial charge is 0.407 e. The highest BCUT2D eigenvalue weighted by Gasteiger charge is 2.51. The van der Waals surface area contributed by atoms with Crippen LogP contribution in [0.15, 0.2) is 0 Å². The Bertz CT molecular complexity index is 732. The number of alkyl carbamates (subject to hydrolysis) is 1. The molecular weight excluding hydrogens is 422 g/mol. The second-order valence-electron chi connectivity index (χ2n) is 11.6. The van der Waals surface area contributed by atoms with Gasteiger partial charge in [-0.25, -0.2) is 4.79 Å². The summed E-state index contributed by atoms with van der Waals surface area (Å²) in [5.74, 6) is 1.74. The number of ether oxygens (including phenoxy) is 1. The summed E-state index contributed by atoms with van der Waals surface area (Å²) in [6.07, 6.45) is 8.93. The van der Waals surface area contributed by atoms with Gasteiger partial charge in [-0.2, -0.15) is 0 Å². The molecule has 0 aromatic rings. The predicted molar refractivity (Wildman–Crippen MR) is 122 cm³/mol. The summed E-state index contributed by atoms with van der Waals surface area (Å²) in [5, 5.41) is 8.21. The summed E-state index contributed by atoms with van der Waals surface area (Å²) in [7, 11) is 0. The van der Waals surface area contributed by atoms with Crippen LogP contribution in [0.3, 0.4) is 0 Å². The van der Waals surface area contributed by atoms with Gasteiger partial charge in [0.1, 0.15) is 12.3 Å². The van der Waals surface area contributed by atoms with E-state index in [4.69, 9.17) is 4.74 Å². The second-order valence-corrected chi connectivity index (χ2v) is 11.6. The van der Waals surface area contributed by atoms with E-state index in [1.807, 2.05) is 13.8 Å². The molecule has 3 N–H and O–H groups in total. The second kappa shape index (κ2) is 10.0. The van der Waals surface area contributed by atoms with E-state index in [9.17, 15) is 19.2 Å². The number of rotatable bonds is 10. The number of carbonyl (C=O) groups is 4. The van der Waals surface area contributed by atoms with Crippen LogP contribution in [0.1, 0.15) is 71.6 Å². The molecule has 0 radical (unpaired) electrons. The molecule has 0 aromatic heterocycles. The molecule has 2 unspecified atom stereocenters. The van der Waals surface area contributed by atoms with Gasteiger partial charge in [0.2, 0.25) is 11.8 Å². The molecule has 8 nitrogen and oxygen atoms in total. The molecule has 184 valence electrons. The lowest BCUT2D eigenvalue weighted by Crippen LogP contribution is -2.52. The van der Waals surface area contributed by atoms with Crippen molar-refractivity contribution in [2.24, 2.45) is 35.0 Å². The van der Waals surface area contributed by atoms with Gasteiger partial charge in [-0.05, 0) is 81.5 Å². The van der Waals surface area contributed by atoms with Crippen molar-refractivity contribution >= 4 is 24.2 Å². The summed E-state index contributed by atoms with van der Waals surface area (Å²) in [6.45, 7) is 4.97. The van der Waals surface area contributed by atoms with E-state index < -0.39 is 24.1 Å². The van der Waals surface area contributed by atoms with Crippen LogP contribution in [0.2, 0.25) is 0 Å². The molecule has 5 rings (SSSR count). The van der Waals surface area contributed by atoms with Crippen molar-refractivity contribution in [2.45, 2.75) is 83.7 Å². The summed E-state index contributed by atoms with van der Waals surface area (Å²) in [4.78, 5) is 49.0. The molecule has 3 atom stereocenters. The van der Waals surface area contributed by atoms with Gasteiger partial charge in [0.15, 0.2) is 0 Å². The van der Waals surface area contributed by atoms with Crippen LogP contribution >= 0.6 is 0 Å². The average molecular weight is 462 g/mol. The van der Waals surface area contributed by atoms with Crippen molar-refractivity contribution in [3.05, 3.63) is 0 Å². The van der Waals surface area contributed by atoms with Gasteiger partial charge in [-0.15, -0.1) is 0 Å². The lowest BCUT2D eigenvalue weighted by Gasteiger charge is -2.56. The Morgan fingerprint density at radius 2 is 1.76 bits per heavy atom. The Hall–Kier alpha value is -2.12. The fraction of sp³-hybridized carbons (Fsp3) is 0.840. The van der Waals surface area contributed by atoms with E-state index in [0.717, 1.165) is 37.0 Å². The molecule has 0 spiro atoms. The number of aldehydes is 1. The molecule has 33 heavy (non-hydrogen) atoms. The molecule has 3 amide bonds. The van der Waals surface area contributed by atoms with Gasteiger partial charge in [0.25, 0.3) is 0 Å². The molecule has 4 bridgehead atoms. The molecule has 1 saturated heterocycles. The maximum Gasteiger partial charge on any atom is 0.407 e. The fourth-order valence-corrected chi connectivity index (χ4v) is 7.18. The van der Waals surface area contributed by atoms with Crippen LogP contribution in [-0.4, -0.2) is 49.4 Å². The van der Waals surface area contributed by atoms with Gasteiger partial charge >= 0.3 is 6.09 Å². The van der Waals surface area contributed by atoms with Crippen LogP contribution in [0.25, 0.3) is 0 Å². The third kappa shape index (κ3) is 5.87. The minimum atomic E-state index is -0.784. The van der Waals surface area contributed by atoms with Crippen molar-refractivity contribution in [2.75, 3.05) is 13.2 Å². The maximum absolute atomic E-state index is 12.9. The van der Waals surface area contributed by atoms with E-state index in [-0.39, 0.29) is 29.6 Å². The highest BCUT2D eigenvalue weighted by molar-refractivity contribution is 5.88. The largest absolute Gasteiger partial charge is 0.449 e. The third-order valence-corrected chi connectivity index (χ3v) is 8.18. The first-order valence-electron chi connectivity index (χ1n) is 12.7. The highest BCUT2D eigenvalue weighted by atomic mass is 16.5. The number of hydrogen-bond acceptors (Lipinski definition) is 5. The van der Waals surface area contributed by atoms with E-state index in [0.29, 0.717) is 32.3 Å². The Kier molecular flexibility index (Phi) is 7.29. The van der Waals surface area contributed by atoms with E-state index >= 15 is 0 Å². The molecule has 4 aliphatic carbocycles. The van der Waals surface area contributed by atoms with Crippen molar-refractivity contribution < 1.29 is 23.9 Å². The SMILES string of the molecule is CC(C)C[C@H](NC(=O)OCC12CC3CC(CC(C3)C1)C2)C(=O)NC(C=O)CC1CCNC1=O. The Morgan fingerprint density at radius 1 is 1.12 bits per heavy atom. The molecule has 8 heteroatoms. The number of amides is 3. The molecule has 1 aliphatic heterocycles. The van der Waals surface area contributed by atoms with Gasteiger partial charge < -0.3 is 25.5 Å². The van der Waals surface area contributed by atoms with Gasteiger partial charge in [-0.1, -0.05) is 13.8 Å². The Morgan fingerprint density at radius 3 is 2.27 bits per heavy atom. The van der Waals surface area contributed by atoms with Gasteiger partial charge in [0.05, 0.1) is 12.6 Å². The Labute approximate surface area is 196 Å². The van der Waals surface area contributed by atoms with Crippen molar-refractivity contribution in [3.63, 3.8) is 0 Å². The van der Waals surface area contributed by atoms with Crippen molar-refractivity contribution in [3.8, 4) is 0 Å². The van der Waals surface area contributed by atoms with Crippen LogP contribution in [0.5, 0.6) is 0 Å². The third-order valence-electron chi connectivity index (χ3n) is 8.18. The van der Waals surface area contributed by atoms with Crippen LogP contribution in [0, 0.1) is 35.0 Å². The van der Waals surface area contributed by atoms with E-state index in [1.165, 1.54) is 19.3 Å². The monoisotopic (exact) mass is 461 g/mol. The minimum absolute atomic E-state index is 0.0822. The summed E-state index contributed by atoms with van der Waals surface area (Å²) in [6, 6.07) is -1.54. The Balaban J connectivity index is 1.30. The minimum Gasteiger partial charge on any atom is -0.449 e. The lowest BCUT2D eigenvalue weighted by atomic mass is 9.50. The maximum atomic E-state index is 12.9. The zero-order chi connectivity index (χ0) is 23.6. The number of nitrogens with one attached hydrogen (secondary N) is 3. The predicted octanol–water partition coefficient (Wildman–Crippen LogP) is 2.55. The molecular formula is C25H39N3O5. The van der Waals surface area contributed by atoms with Crippen LogP contribution in [-0.2, 0) is 19.1 Å². The molecule has 0 aromatic carbocycles. The van der Waals surface area contributed by atoms with Crippen molar-refractivity contribution in [1.29, 1.82) is 0 Å². The first-order chi connectivity index (χ1) is 15.7. The first kappa shape index (κ1) is 24.0. The first-order valence-corrected chi connectivity index (χ1v) is 12.7. The molecule has 1 heterocycles. The van der Waals surface area contributed by atoms with E-state index in [1.54, 1.807) is 0 Å². The normalized spacial score (nSPS) is 34.0. The summed E-state index contributed by atoms with van der Waals surface area (Å²) >= 11 is 0. The molecule has 5 aliphatic rings. The zero-order valence-corrected chi connectivity index (χ0v) is 19.9. The fourth-order valence-electron chi connectivity index (χ4n) is 7.18. The van der Waals surface area contributed by atoms with Crippen LogP contribution in [0.4, 0.5) is 4.79 Å². The molecule has 5 fully saturated rings. The van der Waals surface area contributed by atoms with Gasteiger partial charge in [0, 0.05) is 17.9 Å². The number of hydrogen-bond donors (Lipinski definition) is 3. The topological polar surface area (TPSA) is 114 Å². The summed E-state index contributed by atoms with van der Waals surface area (Å²) in [5.41, 5.74) is 0.117. The lowest BCUT2D eigenvalue weighted by molar-refractivity contribution is -0.127. The zero-order valence-electron chi connectivity index (χ0n) is 19.9. The standard InChI is InChI=1S/C25H39N3O5/c1-15(2)5-21(23(31)27-20(13-29)9-19-3-4-26-22(19)30)28-24(32)33-14-25-10-16-6-17(11-25)8-18(7-16)12-25/h13,15-21H,3-12,14H2,1-2H3,(H,26,30)(H,27,31)(H,28,32)/t16?,17?,18?,19?,20?,21-,25?/m0/s1. The quantitative estimate of drug-likeness (QED) is 0.433. The number of carbonyl (C=O) groups excluding carboxylic acids is 4. The highest BCUT2D eigenvalue weighted by Crippen LogP contribution is 2.60. The van der Waals surface area contributed by atoms with Gasteiger partial charge in [-0.3, -0.25) is 9.59 Å². The summed E-state index contributed by atoms with van der Waals surface area (Å²) < 4.78 is 5.69.